The van der Waals surface area contributed by atoms with E-state index in [9.17, 15) is 14.1 Å². The van der Waals surface area contributed by atoms with Gasteiger partial charge in [-0.25, -0.2) is 4.39 Å². The fourth-order valence-electron chi connectivity index (χ4n) is 3.45. The van der Waals surface area contributed by atoms with Crippen molar-refractivity contribution in [2.24, 2.45) is 11.0 Å². The molecule has 1 atom stereocenters. The van der Waals surface area contributed by atoms with E-state index in [4.69, 9.17) is 10.5 Å². The third-order valence-electron chi connectivity index (χ3n) is 4.76. The highest BCUT2D eigenvalue weighted by atomic mass is 19.1. The van der Waals surface area contributed by atoms with E-state index in [1.54, 1.807) is 31.3 Å². The van der Waals surface area contributed by atoms with Crippen molar-refractivity contribution in [3.8, 4) is 0 Å². The number of halogens is 1. The van der Waals surface area contributed by atoms with E-state index < -0.39 is 11.5 Å². The second-order valence-electron chi connectivity index (χ2n) is 6.43. The normalized spacial score (nSPS) is 18.4. The van der Waals surface area contributed by atoms with E-state index in [2.05, 4.69) is 5.29 Å². The second kappa shape index (κ2) is 7.21. The lowest BCUT2D eigenvalue weighted by molar-refractivity contribution is -0.0142. The molecule has 0 radical (unpaired) electrons. The number of hydrogen-bond donors (Lipinski definition) is 1. The average Bonchev–Trinajstić information content (AvgIpc) is 3.01. The van der Waals surface area contributed by atoms with Crippen LogP contribution in [0.2, 0.25) is 0 Å². The Labute approximate surface area is 150 Å². The van der Waals surface area contributed by atoms with Gasteiger partial charge in [0.05, 0.1) is 11.9 Å². The van der Waals surface area contributed by atoms with Crippen molar-refractivity contribution in [2.75, 3.05) is 13.6 Å². The fraction of sp³-hybridized carbons (Fsp3) is 0.316. The summed E-state index contributed by atoms with van der Waals surface area (Å²) in [6.07, 6.45) is 1.23. The number of ether oxygens (including phenoxy) is 1. The molecule has 1 amide bonds. The van der Waals surface area contributed by atoms with Crippen molar-refractivity contribution in [1.29, 1.82) is 0 Å². The first-order valence-corrected chi connectivity index (χ1v) is 8.34. The van der Waals surface area contributed by atoms with E-state index in [0.29, 0.717) is 31.6 Å². The smallest absolute Gasteiger partial charge is 0.248 e. The number of carbonyl (C=O) groups is 1. The molecule has 0 bridgehead atoms. The van der Waals surface area contributed by atoms with Crippen LogP contribution in [0.1, 0.15) is 39.9 Å². The molecule has 7 heteroatoms. The van der Waals surface area contributed by atoms with E-state index in [-0.39, 0.29) is 5.82 Å². The number of hydrogen-bond acceptors (Lipinski definition) is 4. The summed E-state index contributed by atoms with van der Waals surface area (Å²) in [5, 5.41) is 4.20. The van der Waals surface area contributed by atoms with Gasteiger partial charge in [-0.3, -0.25) is 9.80 Å². The minimum Gasteiger partial charge on any atom is -0.366 e. The standard InChI is InChI=1S/C19H20FN3O3/c1-23(22-25)10-2-9-19(15-4-6-16(20)7-5-15)17-8-3-13(18(21)24)11-14(17)12-26-19/h3-8,11H,2,9-10,12H2,1H3,(H2,21,24). The largest absolute Gasteiger partial charge is 0.366 e. The molecule has 1 aliphatic rings. The summed E-state index contributed by atoms with van der Waals surface area (Å²) < 4.78 is 19.6. The van der Waals surface area contributed by atoms with Crippen LogP contribution in [0.4, 0.5) is 4.39 Å². The van der Waals surface area contributed by atoms with Crippen molar-refractivity contribution < 1.29 is 13.9 Å². The number of nitroso groups, excluding NO2 is 1. The van der Waals surface area contributed by atoms with Gasteiger partial charge >= 0.3 is 0 Å². The number of fused-ring (bicyclic) bond motifs is 1. The number of nitrogens with zero attached hydrogens (tertiary/aromatic N) is 2. The maximum atomic E-state index is 13.4. The molecule has 3 rings (SSSR count). The zero-order valence-corrected chi connectivity index (χ0v) is 14.4. The van der Waals surface area contributed by atoms with Gasteiger partial charge in [0.25, 0.3) is 0 Å². The molecule has 0 saturated heterocycles. The molecular formula is C19H20FN3O3. The van der Waals surface area contributed by atoms with Crippen molar-refractivity contribution >= 4 is 5.91 Å². The summed E-state index contributed by atoms with van der Waals surface area (Å²) in [7, 11) is 1.61. The Kier molecular flexibility index (Phi) is 4.99. The quantitative estimate of drug-likeness (QED) is 0.609. The Morgan fingerprint density at radius 2 is 2.04 bits per heavy atom. The lowest BCUT2D eigenvalue weighted by Gasteiger charge is -2.31. The molecule has 136 valence electrons. The molecule has 0 aromatic heterocycles. The van der Waals surface area contributed by atoms with Crippen LogP contribution in [0.5, 0.6) is 0 Å². The minimum absolute atomic E-state index is 0.323. The topological polar surface area (TPSA) is 85.0 Å². The van der Waals surface area contributed by atoms with Crippen molar-refractivity contribution in [1.82, 2.24) is 5.01 Å². The van der Waals surface area contributed by atoms with Gasteiger partial charge in [0.15, 0.2) is 0 Å². The molecule has 6 nitrogen and oxygen atoms in total. The molecule has 0 saturated carbocycles. The molecular weight excluding hydrogens is 337 g/mol. The van der Waals surface area contributed by atoms with Crippen molar-refractivity contribution in [3.05, 3.63) is 75.4 Å². The Morgan fingerprint density at radius 1 is 1.31 bits per heavy atom. The molecule has 2 aromatic carbocycles. The zero-order chi connectivity index (χ0) is 18.7. The molecule has 1 unspecified atom stereocenters. The molecule has 1 aliphatic heterocycles. The van der Waals surface area contributed by atoms with Crippen LogP contribution in [0, 0.1) is 10.7 Å². The van der Waals surface area contributed by atoms with E-state index in [0.717, 1.165) is 16.7 Å². The van der Waals surface area contributed by atoms with Crippen LogP contribution < -0.4 is 5.73 Å². The van der Waals surface area contributed by atoms with Gasteiger partial charge in [0.1, 0.15) is 11.4 Å². The maximum Gasteiger partial charge on any atom is 0.248 e. The molecule has 0 aliphatic carbocycles. The van der Waals surface area contributed by atoms with Gasteiger partial charge in [0.2, 0.25) is 5.91 Å². The van der Waals surface area contributed by atoms with Crippen LogP contribution in [-0.4, -0.2) is 24.5 Å². The first-order chi connectivity index (χ1) is 12.5. The molecule has 2 aromatic rings. The van der Waals surface area contributed by atoms with Crippen LogP contribution in [0.25, 0.3) is 0 Å². The lowest BCUT2D eigenvalue weighted by atomic mass is 9.81. The first-order valence-electron chi connectivity index (χ1n) is 8.34. The van der Waals surface area contributed by atoms with Gasteiger partial charge in [-0.05, 0) is 53.8 Å². The predicted octanol–water partition coefficient (Wildman–Crippen LogP) is 3.09. The summed E-state index contributed by atoms with van der Waals surface area (Å²) in [6.45, 7) is 0.806. The highest BCUT2D eigenvalue weighted by Crippen LogP contribution is 2.45. The van der Waals surface area contributed by atoms with Crippen LogP contribution in [0.3, 0.4) is 0 Å². The monoisotopic (exact) mass is 357 g/mol. The Hall–Kier alpha value is -2.80. The number of carbonyl (C=O) groups excluding carboxylic acids is 1. The van der Waals surface area contributed by atoms with E-state index in [1.165, 1.54) is 17.1 Å². The first kappa shape index (κ1) is 18.0. The van der Waals surface area contributed by atoms with E-state index >= 15 is 0 Å². The second-order valence-corrected chi connectivity index (χ2v) is 6.43. The number of amides is 1. The highest BCUT2D eigenvalue weighted by Gasteiger charge is 2.41. The van der Waals surface area contributed by atoms with Gasteiger partial charge in [-0.1, -0.05) is 18.2 Å². The predicted molar refractivity (Wildman–Crippen MR) is 94.6 cm³/mol. The summed E-state index contributed by atoms with van der Waals surface area (Å²) >= 11 is 0. The molecule has 26 heavy (non-hydrogen) atoms. The third-order valence-corrected chi connectivity index (χ3v) is 4.76. The SMILES string of the molecule is CN(CCCC1(c2ccc(F)cc2)OCc2cc(C(N)=O)ccc21)N=O. The average molecular weight is 357 g/mol. The molecule has 0 fully saturated rings. The Bertz CT molecular complexity index is 825. The number of nitrogens with two attached hydrogens (primary N) is 1. The number of rotatable bonds is 7. The Balaban J connectivity index is 1.99. The Morgan fingerprint density at radius 3 is 2.69 bits per heavy atom. The van der Waals surface area contributed by atoms with Crippen molar-refractivity contribution in [2.45, 2.75) is 25.0 Å². The fourth-order valence-corrected chi connectivity index (χ4v) is 3.45. The van der Waals surface area contributed by atoms with E-state index in [1.807, 2.05) is 6.07 Å². The molecule has 1 heterocycles. The summed E-state index contributed by atoms with van der Waals surface area (Å²) in [5.41, 5.74) is 7.66. The van der Waals surface area contributed by atoms with Gasteiger partial charge in [0, 0.05) is 19.2 Å². The maximum absolute atomic E-state index is 13.4. The van der Waals surface area contributed by atoms with Gasteiger partial charge in [-0.15, -0.1) is 4.91 Å². The highest BCUT2D eigenvalue weighted by molar-refractivity contribution is 5.93. The summed E-state index contributed by atoms with van der Waals surface area (Å²) in [6, 6.07) is 11.5. The number of primary amides is 1. The van der Waals surface area contributed by atoms with Crippen LogP contribution >= 0.6 is 0 Å². The minimum atomic E-state index is -0.761. The molecule has 0 spiro atoms. The van der Waals surface area contributed by atoms with Gasteiger partial charge < -0.3 is 10.5 Å². The van der Waals surface area contributed by atoms with Crippen molar-refractivity contribution in [3.63, 3.8) is 0 Å². The summed E-state index contributed by atoms with van der Waals surface area (Å²) in [5.74, 6) is -0.818. The third kappa shape index (κ3) is 3.30. The summed E-state index contributed by atoms with van der Waals surface area (Å²) in [4.78, 5) is 22.0. The van der Waals surface area contributed by atoms with Crippen LogP contribution in [-0.2, 0) is 16.9 Å². The molecule has 2 N–H and O–H groups in total. The van der Waals surface area contributed by atoms with Gasteiger partial charge in [-0.2, -0.15) is 0 Å². The zero-order valence-electron chi connectivity index (χ0n) is 14.4. The lowest BCUT2D eigenvalue weighted by Crippen LogP contribution is -2.28. The van der Waals surface area contributed by atoms with Crippen LogP contribution in [0.15, 0.2) is 47.8 Å². The number of benzene rings is 2.